The van der Waals surface area contributed by atoms with E-state index in [1.165, 1.54) is 0 Å². The summed E-state index contributed by atoms with van der Waals surface area (Å²) < 4.78 is 5.57. The molecule has 0 saturated carbocycles. The van der Waals surface area contributed by atoms with E-state index in [1.807, 2.05) is 18.2 Å². The summed E-state index contributed by atoms with van der Waals surface area (Å²) in [6.45, 7) is 0. The number of aromatic nitrogens is 3. The highest BCUT2D eigenvalue weighted by Crippen LogP contribution is 2.22. The standard InChI is InChI=1S/C11H7N3O/c1-3-9-8(12-4-1)7-10(15-9)11-13-5-2-6-14-11/h1-7H. The predicted octanol–water partition coefficient (Wildman–Crippen LogP) is 2.28. The van der Waals surface area contributed by atoms with Crippen LogP contribution in [-0.2, 0) is 0 Å². The number of fused-ring (bicyclic) bond motifs is 1. The first-order valence-corrected chi connectivity index (χ1v) is 4.55. The van der Waals surface area contributed by atoms with E-state index in [0.717, 1.165) is 11.1 Å². The Labute approximate surface area is 85.6 Å². The number of rotatable bonds is 1. The molecule has 0 saturated heterocycles. The number of hydrogen-bond acceptors (Lipinski definition) is 4. The van der Waals surface area contributed by atoms with E-state index in [2.05, 4.69) is 15.0 Å². The molecule has 4 nitrogen and oxygen atoms in total. The zero-order valence-electron chi connectivity index (χ0n) is 7.79. The molecule has 3 rings (SSSR count). The highest BCUT2D eigenvalue weighted by Gasteiger charge is 2.07. The Balaban J connectivity index is 2.21. The third-order valence-corrected chi connectivity index (χ3v) is 2.07. The van der Waals surface area contributed by atoms with E-state index in [0.29, 0.717) is 11.6 Å². The Kier molecular flexibility index (Phi) is 1.71. The van der Waals surface area contributed by atoms with E-state index in [1.54, 1.807) is 24.7 Å². The largest absolute Gasteiger partial charge is 0.451 e. The minimum absolute atomic E-state index is 0.579. The zero-order valence-corrected chi connectivity index (χ0v) is 7.79. The van der Waals surface area contributed by atoms with E-state index >= 15 is 0 Å². The summed E-state index contributed by atoms with van der Waals surface area (Å²) in [5.41, 5.74) is 1.57. The van der Waals surface area contributed by atoms with Gasteiger partial charge in [-0.25, -0.2) is 9.97 Å². The van der Waals surface area contributed by atoms with Crippen LogP contribution in [0.3, 0.4) is 0 Å². The molecule has 0 aliphatic carbocycles. The molecule has 4 heteroatoms. The SMILES string of the molecule is c1cnc(-c2cc3ncccc3o2)nc1. The average molecular weight is 197 g/mol. The van der Waals surface area contributed by atoms with Crippen LogP contribution in [0.15, 0.2) is 47.3 Å². The molecule has 3 aromatic rings. The first-order valence-electron chi connectivity index (χ1n) is 4.55. The van der Waals surface area contributed by atoms with Crippen LogP contribution in [0.1, 0.15) is 0 Å². The van der Waals surface area contributed by atoms with Crippen LogP contribution < -0.4 is 0 Å². The third kappa shape index (κ3) is 1.36. The van der Waals surface area contributed by atoms with Crippen LogP contribution in [0.25, 0.3) is 22.7 Å². The van der Waals surface area contributed by atoms with Crippen LogP contribution in [0.2, 0.25) is 0 Å². The zero-order chi connectivity index (χ0) is 10.1. The number of pyridine rings is 1. The molecule has 72 valence electrons. The van der Waals surface area contributed by atoms with Crippen LogP contribution in [0.4, 0.5) is 0 Å². The number of hydrogen-bond donors (Lipinski definition) is 0. The van der Waals surface area contributed by atoms with Gasteiger partial charge in [-0.2, -0.15) is 0 Å². The van der Waals surface area contributed by atoms with Gasteiger partial charge in [0.2, 0.25) is 0 Å². The number of furan rings is 1. The second-order valence-electron chi connectivity index (χ2n) is 3.07. The molecule has 0 bridgehead atoms. The van der Waals surface area contributed by atoms with Crippen molar-refractivity contribution in [3.8, 4) is 11.6 Å². The van der Waals surface area contributed by atoms with Gasteiger partial charge in [-0.1, -0.05) is 0 Å². The molecule has 3 heterocycles. The van der Waals surface area contributed by atoms with E-state index in [9.17, 15) is 0 Å². The fraction of sp³-hybridized carbons (Fsp3) is 0. The van der Waals surface area contributed by atoms with Crippen molar-refractivity contribution in [3.05, 3.63) is 42.9 Å². The summed E-state index contributed by atoms with van der Waals surface area (Å²) in [7, 11) is 0. The van der Waals surface area contributed by atoms with Crippen molar-refractivity contribution in [2.24, 2.45) is 0 Å². The Hall–Kier alpha value is -2.23. The summed E-state index contributed by atoms with van der Waals surface area (Å²) in [6.07, 6.45) is 5.10. The monoisotopic (exact) mass is 197 g/mol. The summed E-state index contributed by atoms with van der Waals surface area (Å²) in [6, 6.07) is 7.31. The van der Waals surface area contributed by atoms with Crippen molar-refractivity contribution >= 4 is 11.1 Å². The van der Waals surface area contributed by atoms with Gasteiger partial charge in [-0.15, -0.1) is 0 Å². The molecular formula is C11H7N3O. The van der Waals surface area contributed by atoms with Gasteiger partial charge in [0.25, 0.3) is 0 Å². The second kappa shape index (κ2) is 3.16. The van der Waals surface area contributed by atoms with Crippen molar-refractivity contribution in [2.75, 3.05) is 0 Å². The lowest BCUT2D eigenvalue weighted by Gasteiger charge is -1.90. The maximum absolute atomic E-state index is 5.57. The topological polar surface area (TPSA) is 51.8 Å². The molecule has 0 aromatic carbocycles. The van der Waals surface area contributed by atoms with Crippen molar-refractivity contribution in [1.82, 2.24) is 15.0 Å². The van der Waals surface area contributed by atoms with Gasteiger partial charge in [0, 0.05) is 24.7 Å². The highest BCUT2D eigenvalue weighted by molar-refractivity contribution is 5.77. The van der Waals surface area contributed by atoms with E-state index in [-0.39, 0.29) is 0 Å². The molecule has 0 N–H and O–H groups in total. The Morgan fingerprint density at radius 3 is 2.53 bits per heavy atom. The molecular weight excluding hydrogens is 190 g/mol. The Bertz CT molecular complexity index is 556. The lowest BCUT2D eigenvalue weighted by molar-refractivity contribution is 0.624. The second-order valence-corrected chi connectivity index (χ2v) is 3.07. The first-order chi connectivity index (χ1) is 7.43. The summed E-state index contributed by atoms with van der Waals surface area (Å²) in [5.74, 6) is 1.22. The van der Waals surface area contributed by atoms with Crippen molar-refractivity contribution in [2.45, 2.75) is 0 Å². The lowest BCUT2D eigenvalue weighted by Crippen LogP contribution is -1.83. The minimum atomic E-state index is 0.579. The van der Waals surface area contributed by atoms with Crippen LogP contribution in [0.5, 0.6) is 0 Å². The average Bonchev–Trinajstić information content (AvgIpc) is 2.74. The van der Waals surface area contributed by atoms with Gasteiger partial charge in [-0.05, 0) is 18.2 Å². The van der Waals surface area contributed by atoms with Gasteiger partial charge in [0.15, 0.2) is 17.2 Å². The van der Waals surface area contributed by atoms with E-state index in [4.69, 9.17) is 4.42 Å². The normalized spacial score (nSPS) is 10.7. The molecule has 3 aromatic heterocycles. The van der Waals surface area contributed by atoms with Crippen LogP contribution in [-0.4, -0.2) is 15.0 Å². The van der Waals surface area contributed by atoms with Gasteiger partial charge in [-0.3, -0.25) is 4.98 Å². The molecule has 0 atom stereocenters. The molecule has 0 radical (unpaired) electrons. The maximum Gasteiger partial charge on any atom is 0.195 e. The van der Waals surface area contributed by atoms with Crippen molar-refractivity contribution in [1.29, 1.82) is 0 Å². The molecule has 15 heavy (non-hydrogen) atoms. The maximum atomic E-state index is 5.57. The molecule has 0 aliphatic rings. The molecule has 0 unspecified atom stereocenters. The minimum Gasteiger partial charge on any atom is -0.451 e. The molecule has 0 amide bonds. The Morgan fingerprint density at radius 2 is 1.73 bits per heavy atom. The fourth-order valence-corrected chi connectivity index (χ4v) is 1.41. The molecule has 0 fully saturated rings. The van der Waals surface area contributed by atoms with E-state index < -0.39 is 0 Å². The Morgan fingerprint density at radius 1 is 0.933 bits per heavy atom. The van der Waals surface area contributed by atoms with Crippen LogP contribution in [0, 0.1) is 0 Å². The predicted molar refractivity (Wildman–Crippen MR) is 55.0 cm³/mol. The van der Waals surface area contributed by atoms with Crippen molar-refractivity contribution < 1.29 is 4.42 Å². The molecule has 0 spiro atoms. The van der Waals surface area contributed by atoms with Crippen LogP contribution >= 0.6 is 0 Å². The number of nitrogens with zero attached hydrogens (tertiary/aromatic N) is 3. The van der Waals surface area contributed by atoms with Gasteiger partial charge >= 0.3 is 0 Å². The highest BCUT2D eigenvalue weighted by atomic mass is 16.3. The fourth-order valence-electron chi connectivity index (χ4n) is 1.41. The van der Waals surface area contributed by atoms with Gasteiger partial charge in [0.1, 0.15) is 5.52 Å². The molecule has 0 aliphatic heterocycles. The summed E-state index contributed by atoms with van der Waals surface area (Å²) in [5, 5.41) is 0. The van der Waals surface area contributed by atoms with Gasteiger partial charge in [0.05, 0.1) is 0 Å². The first kappa shape index (κ1) is 8.11. The smallest absolute Gasteiger partial charge is 0.195 e. The lowest BCUT2D eigenvalue weighted by atomic mass is 10.3. The summed E-state index contributed by atoms with van der Waals surface area (Å²) >= 11 is 0. The van der Waals surface area contributed by atoms with Gasteiger partial charge < -0.3 is 4.42 Å². The third-order valence-electron chi connectivity index (χ3n) is 2.07. The quantitative estimate of drug-likeness (QED) is 0.600. The summed E-state index contributed by atoms with van der Waals surface area (Å²) in [4.78, 5) is 12.4. The van der Waals surface area contributed by atoms with Crippen molar-refractivity contribution in [3.63, 3.8) is 0 Å².